The van der Waals surface area contributed by atoms with Crippen LogP contribution in [0.2, 0.25) is 0 Å². The van der Waals surface area contributed by atoms with Crippen LogP contribution < -0.4 is 15.4 Å². The fraction of sp³-hybridized carbons (Fsp3) is 0.333. The Bertz CT molecular complexity index is 1210. The molecule has 10 nitrogen and oxygen atoms in total. The molecule has 0 aromatic heterocycles. The molecule has 0 aliphatic heterocycles. The number of nitrogens with one attached hydrogen (secondary N) is 3. The topological polar surface area (TPSA) is 142 Å². The van der Waals surface area contributed by atoms with Gasteiger partial charge in [0.25, 0.3) is 0 Å². The van der Waals surface area contributed by atoms with Crippen molar-refractivity contribution in [2.45, 2.75) is 43.1 Å². The minimum atomic E-state index is -3.93. The fourth-order valence-corrected chi connectivity index (χ4v) is 5.29. The van der Waals surface area contributed by atoms with Crippen LogP contribution in [-0.2, 0) is 36.2 Å². The maximum absolute atomic E-state index is 12.7. The quantitative estimate of drug-likeness (QED) is 0.452. The van der Waals surface area contributed by atoms with Gasteiger partial charge in [0.15, 0.2) is 0 Å². The molecule has 0 heterocycles. The van der Waals surface area contributed by atoms with Crippen molar-refractivity contribution in [2.75, 3.05) is 18.9 Å². The van der Waals surface area contributed by atoms with Gasteiger partial charge in [0.1, 0.15) is 0 Å². The summed E-state index contributed by atoms with van der Waals surface area (Å²) in [6, 6.07) is 11.4. The molecule has 2 rings (SSSR count). The number of hydrogen-bond acceptors (Lipinski definition) is 6. The smallest absolute Gasteiger partial charge is 0.243 e. The van der Waals surface area contributed by atoms with Crippen molar-refractivity contribution in [3.05, 3.63) is 54.1 Å². The molecule has 2 aromatic carbocycles. The molecule has 0 unspecified atom stereocenters. The molecule has 0 bridgehead atoms. The summed E-state index contributed by atoms with van der Waals surface area (Å²) < 4.78 is 53.4. The van der Waals surface area contributed by atoms with Gasteiger partial charge in [-0.15, -0.1) is 0 Å². The molecular formula is C21H28N4O6S2. The molecule has 0 atom stereocenters. The second-order valence-electron chi connectivity index (χ2n) is 7.67. The minimum Gasteiger partial charge on any atom is -0.351 e. The SMILES string of the molecule is CC(=O)Nc1ccc(S(=O)(=O)N(C)CC(=O)NCc2cccc(S(=O)(=O)NC(C)C)c2)cc1. The Morgan fingerprint density at radius 3 is 2.18 bits per heavy atom. The standard InChI is InChI=1S/C21H28N4O6S2/c1-15(2)24-32(28,29)20-7-5-6-17(12-20)13-22-21(27)14-25(4)33(30,31)19-10-8-18(9-11-19)23-16(3)26/h5-12,15,24H,13-14H2,1-4H3,(H,22,27)(H,23,26). The van der Waals surface area contributed by atoms with E-state index in [1.54, 1.807) is 26.0 Å². The number of likely N-dealkylation sites (N-methyl/N-ethyl adjacent to an activating group) is 1. The van der Waals surface area contributed by atoms with E-state index in [0.29, 0.717) is 11.3 Å². The highest BCUT2D eigenvalue weighted by Crippen LogP contribution is 2.17. The summed E-state index contributed by atoms with van der Waals surface area (Å²) in [6.45, 7) is 4.37. The van der Waals surface area contributed by atoms with Gasteiger partial charge in [0, 0.05) is 32.2 Å². The fourth-order valence-electron chi connectivity index (χ4n) is 2.84. The van der Waals surface area contributed by atoms with Crippen LogP contribution in [0.25, 0.3) is 0 Å². The lowest BCUT2D eigenvalue weighted by Crippen LogP contribution is -2.38. The summed E-state index contributed by atoms with van der Waals surface area (Å²) in [5.41, 5.74) is 1.00. The van der Waals surface area contributed by atoms with E-state index in [1.165, 1.54) is 50.4 Å². The van der Waals surface area contributed by atoms with Gasteiger partial charge in [-0.05, 0) is 55.8 Å². The molecule has 0 fully saturated rings. The van der Waals surface area contributed by atoms with Gasteiger partial charge >= 0.3 is 0 Å². The van der Waals surface area contributed by atoms with Gasteiger partial charge in [0.05, 0.1) is 16.3 Å². The highest BCUT2D eigenvalue weighted by Gasteiger charge is 2.23. The molecule has 0 saturated heterocycles. The van der Waals surface area contributed by atoms with Crippen molar-refractivity contribution in [1.82, 2.24) is 14.3 Å². The predicted octanol–water partition coefficient (Wildman–Crippen LogP) is 1.27. The van der Waals surface area contributed by atoms with Gasteiger partial charge in [-0.1, -0.05) is 12.1 Å². The van der Waals surface area contributed by atoms with Crippen LogP contribution in [0.3, 0.4) is 0 Å². The number of benzene rings is 2. The normalized spacial score (nSPS) is 12.1. The Hall–Kier alpha value is -2.80. The Labute approximate surface area is 194 Å². The maximum Gasteiger partial charge on any atom is 0.243 e. The van der Waals surface area contributed by atoms with E-state index in [2.05, 4.69) is 15.4 Å². The number of carbonyl (C=O) groups is 2. The first-order valence-corrected chi connectivity index (χ1v) is 13.0. The lowest BCUT2D eigenvalue weighted by atomic mass is 10.2. The predicted molar refractivity (Wildman–Crippen MR) is 124 cm³/mol. The lowest BCUT2D eigenvalue weighted by Gasteiger charge is -2.17. The van der Waals surface area contributed by atoms with Crippen molar-refractivity contribution in [3.63, 3.8) is 0 Å². The molecule has 33 heavy (non-hydrogen) atoms. The zero-order valence-electron chi connectivity index (χ0n) is 18.8. The molecule has 180 valence electrons. The van der Waals surface area contributed by atoms with E-state index in [4.69, 9.17) is 0 Å². The number of amides is 2. The average Bonchev–Trinajstić information content (AvgIpc) is 2.71. The van der Waals surface area contributed by atoms with Crippen LogP contribution in [0, 0.1) is 0 Å². The Balaban J connectivity index is 2.00. The van der Waals surface area contributed by atoms with E-state index >= 15 is 0 Å². The molecule has 2 amide bonds. The highest BCUT2D eigenvalue weighted by atomic mass is 32.2. The van der Waals surface area contributed by atoms with Crippen LogP contribution in [0.5, 0.6) is 0 Å². The van der Waals surface area contributed by atoms with Crippen LogP contribution in [-0.4, -0.2) is 52.6 Å². The lowest BCUT2D eigenvalue weighted by molar-refractivity contribution is -0.121. The van der Waals surface area contributed by atoms with E-state index in [9.17, 15) is 26.4 Å². The second-order valence-corrected chi connectivity index (χ2v) is 11.4. The summed E-state index contributed by atoms with van der Waals surface area (Å²) in [6.07, 6.45) is 0. The third-order valence-electron chi connectivity index (χ3n) is 4.34. The number of anilines is 1. The van der Waals surface area contributed by atoms with Gasteiger partial charge in [-0.25, -0.2) is 21.6 Å². The van der Waals surface area contributed by atoms with Gasteiger partial charge < -0.3 is 10.6 Å². The van der Waals surface area contributed by atoms with Crippen LogP contribution in [0.4, 0.5) is 5.69 Å². The zero-order valence-corrected chi connectivity index (χ0v) is 20.5. The van der Waals surface area contributed by atoms with E-state index in [-0.39, 0.29) is 28.3 Å². The number of hydrogen-bond donors (Lipinski definition) is 3. The average molecular weight is 497 g/mol. The summed E-state index contributed by atoms with van der Waals surface area (Å²) in [5.74, 6) is -0.830. The van der Waals surface area contributed by atoms with E-state index in [0.717, 1.165) is 4.31 Å². The summed E-state index contributed by atoms with van der Waals surface area (Å²) in [4.78, 5) is 23.4. The molecule has 0 spiro atoms. The van der Waals surface area contributed by atoms with Crippen molar-refractivity contribution in [2.24, 2.45) is 0 Å². The second kappa shape index (κ2) is 10.9. The van der Waals surface area contributed by atoms with Crippen molar-refractivity contribution in [1.29, 1.82) is 0 Å². The van der Waals surface area contributed by atoms with E-state index < -0.39 is 32.5 Å². The van der Waals surface area contributed by atoms with Crippen molar-refractivity contribution >= 4 is 37.5 Å². The third kappa shape index (κ3) is 7.63. The van der Waals surface area contributed by atoms with Crippen molar-refractivity contribution in [3.8, 4) is 0 Å². The maximum atomic E-state index is 12.7. The summed E-state index contributed by atoms with van der Waals surface area (Å²) >= 11 is 0. The first kappa shape index (κ1) is 26.5. The Kier molecular flexibility index (Phi) is 8.72. The van der Waals surface area contributed by atoms with Crippen LogP contribution in [0.15, 0.2) is 58.3 Å². The third-order valence-corrected chi connectivity index (χ3v) is 7.81. The monoisotopic (exact) mass is 496 g/mol. The first-order valence-electron chi connectivity index (χ1n) is 10.0. The number of sulfonamides is 2. The molecular weight excluding hydrogens is 468 g/mol. The molecule has 0 radical (unpaired) electrons. The molecule has 2 aromatic rings. The summed E-state index contributed by atoms with van der Waals surface area (Å²) in [7, 11) is -6.32. The van der Waals surface area contributed by atoms with Crippen LogP contribution >= 0.6 is 0 Å². The van der Waals surface area contributed by atoms with Gasteiger partial charge in [-0.3, -0.25) is 9.59 Å². The molecule has 0 aliphatic rings. The Morgan fingerprint density at radius 1 is 0.970 bits per heavy atom. The Morgan fingerprint density at radius 2 is 1.61 bits per heavy atom. The zero-order chi connectivity index (χ0) is 24.8. The van der Waals surface area contributed by atoms with E-state index in [1.807, 2.05) is 0 Å². The minimum absolute atomic E-state index is 0.0255. The number of nitrogens with zero attached hydrogens (tertiary/aromatic N) is 1. The summed E-state index contributed by atoms with van der Waals surface area (Å²) in [5, 5.41) is 5.14. The molecule has 3 N–H and O–H groups in total. The largest absolute Gasteiger partial charge is 0.351 e. The highest BCUT2D eigenvalue weighted by molar-refractivity contribution is 7.89. The van der Waals surface area contributed by atoms with Gasteiger partial charge in [-0.2, -0.15) is 4.31 Å². The van der Waals surface area contributed by atoms with Crippen molar-refractivity contribution < 1.29 is 26.4 Å². The molecule has 0 aliphatic carbocycles. The van der Waals surface area contributed by atoms with Crippen LogP contribution in [0.1, 0.15) is 26.3 Å². The van der Waals surface area contributed by atoms with Gasteiger partial charge in [0.2, 0.25) is 31.9 Å². The molecule has 12 heteroatoms. The number of rotatable bonds is 10. The molecule has 0 saturated carbocycles. The first-order chi connectivity index (χ1) is 15.3. The number of carbonyl (C=O) groups excluding carboxylic acids is 2.